The van der Waals surface area contributed by atoms with Gasteiger partial charge in [-0.3, -0.25) is 9.59 Å². The average Bonchev–Trinajstić information content (AvgIpc) is 2.60. The molecule has 0 radical (unpaired) electrons. The molecule has 0 aromatic heterocycles. The number of likely N-dealkylation sites (N-methyl/N-ethyl adjacent to an activating group) is 1. The van der Waals surface area contributed by atoms with Crippen LogP contribution in [-0.4, -0.2) is 60.0 Å². The zero-order valence-corrected chi connectivity index (χ0v) is 14.3. The van der Waals surface area contributed by atoms with Gasteiger partial charge in [-0.05, 0) is 30.2 Å². The zero-order chi connectivity index (χ0) is 17.2. The van der Waals surface area contributed by atoms with Crippen molar-refractivity contribution in [2.45, 2.75) is 31.6 Å². The van der Waals surface area contributed by atoms with Crippen molar-refractivity contribution in [3.63, 3.8) is 0 Å². The third-order valence-corrected chi connectivity index (χ3v) is 5.59. The van der Waals surface area contributed by atoms with E-state index >= 15 is 0 Å². The number of nitrogens with zero attached hydrogens (tertiary/aromatic N) is 2. The summed E-state index contributed by atoms with van der Waals surface area (Å²) in [6.07, 6.45) is 2.91. The predicted molar refractivity (Wildman–Crippen MR) is 91.4 cm³/mol. The Balaban J connectivity index is 1.73. The molecule has 1 unspecified atom stereocenters. The quantitative estimate of drug-likeness (QED) is 0.916. The summed E-state index contributed by atoms with van der Waals surface area (Å²) in [6, 6.07) is 10.0. The van der Waals surface area contributed by atoms with Gasteiger partial charge in [-0.15, -0.1) is 0 Å². The van der Waals surface area contributed by atoms with E-state index in [1.165, 1.54) is 0 Å². The minimum Gasteiger partial charge on any atom is -0.396 e. The van der Waals surface area contributed by atoms with Gasteiger partial charge in [-0.25, -0.2) is 0 Å². The van der Waals surface area contributed by atoms with E-state index in [1.54, 1.807) is 0 Å². The van der Waals surface area contributed by atoms with Gasteiger partial charge in [0.05, 0.1) is 12.5 Å². The zero-order valence-electron chi connectivity index (χ0n) is 14.3. The van der Waals surface area contributed by atoms with Gasteiger partial charge < -0.3 is 14.9 Å². The predicted octanol–water partition coefficient (Wildman–Crippen LogP) is 1.62. The van der Waals surface area contributed by atoms with E-state index in [2.05, 4.69) is 0 Å². The lowest BCUT2D eigenvalue weighted by Gasteiger charge is -2.49. The summed E-state index contributed by atoms with van der Waals surface area (Å²) in [5, 5.41) is 8.94. The number of carbonyl (C=O) groups is 2. The van der Waals surface area contributed by atoms with Crippen LogP contribution in [0.2, 0.25) is 0 Å². The molecule has 1 aromatic rings. The molecule has 0 saturated carbocycles. The molecule has 2 saturated heterocycles. The van der Waals surface area contributed by atoms with Gasteiger partial charge >= 0.3 is 0 Å². The first kappa shape index (κ1) is 17.0. The highest BCUT2D eigenvalue weighted by Crippen LogP contribution is 2.45. The number of aliphatic hydroxyl groups excluding tert-OH is 1. The topological polar surface area (TPSA) is 60.9 Å². The standard InChI is InChI=1S/C19H26N2O3/c1-20-14-19(8-10-21(11-9-19)17(23)7-12-22)13-16(18(20)24)15-5-3-2-4-6-15/h2-6,16,22H,7-14H2,1H3. The van der Waals surface area contributed by atoms with E-state index in [0.717, 1.165) is 44.5 Å². The Labute approximate surface area is 143 Å². The van der Waals surface area contributed by atoms with Crippen LogP contribution in [0.15, 0.2) is 30.3 Å². The van der Waals surface area contributed by atoms with Gasteiger partial charge in [-0.2, -0.15) is 0 Å². The Morgan fingerprint density at radius 3 is 2.54 bits per heavy atom. The molecule has 5 nitrogen and oxygen atoms in total. The maximum atomic E-state index is 12.6. The van der Waals surface area contributed by atoms with Crippen LogP contribution in [0.25, 0.3) is 0 Å². The van der Waals surface area contributed by atoms with Crippen LogP contribution in [0.5, 0.6) is 0 Å². The van der Waals surface area contributed by atoms with Gasteiger partial charge in [0.25, 0.3) is 0 Å². The number of piperidine rings is 2. The van der Waals surface area contributed by atoms with E-state index < -0.39 is 0 Å². The SMILES string of the molecule is CN1CC2(CCN(C(=O)CCO)CC2)CC(c2ccccc2)C1=O. The minimum absolute atomic E-state index is 0.0344. The number of hydrogen-bond acceptors (Lipinski definition) is 3. The van der Waals surface area contributed by atoms with Gasteiger partial charge in [0, 0.05) is 33.1 Å². The fourth-order valence-corrected chi connectivity index (χ4v) is 4.22. The molecule has 24 heavy (non-hydrogen) atoms. The summed E-state index contributed by atoms with van der Waals surface area (Å²) in [4.78, 5) is 28.3. The molecular formula is C19H26N2O3. The summed E-state index contributed by atoms with van der Waals surface area (Å²) in [7, 11) is 1.89. The maximum Gasteiger partial charge on any atom is 0.229 e. The lowest BCUT2D eigenvalue weighted by molar-refractivity contribution is -0.143. The van der Waals surface area contributed by atoms with Crippen molar-refractivity contribution < 1.29 is 14.7 Å². The van der Waals surface area contributed by atoms with Crippen LogP contribution >= 0.6 is 0 Å². The molecule has 1 N–H and O–H groups in total. The molecule has 2 heterocycles. The third-order valence-electron chi connectivity index (χ3n) is 5.59. The summed E-state index contributed by atoms with van der Waals surface area (Å²) in [6.45, 7) is 2.13. The highest BCUT2D eigenvalue weighted by atomic mass is 16.3. The highest BCUT2D eigenvalue weighted by molar-refractivity contribution is 5.84. The second-order valence-electron chi connectivity index (χ2n) is 7.22. The van der Waals surface area contributed by atoms with E-state index in [-0.39, 0.29) is 36.2 Å². The first-order valence-electron chi connectivity index (χ1n) is 8.73. The Morgan fingerprint density at radius 1 is 1.25 bits per heavy atom. The maximum absolute atomic E-state index is 12.6. The summed E-state index contributed by atoms with van der Waals surface area (Å²) < 4.78 is 0. The van der Waals surface area contributed by atoms with Gasteiger partial charge in [-0.1, -0.05) is 30.3 Å². The van der Waals surface area contributed by atoms with Crippen molar-refractivity contribution in [1.82, 2.24) is 9.80 Å². The van der Waals surface area contributed by atoms with Crippen molar-refractivity contribution in [1.29, 1.82) is 0 Å². The molecule has 1 spiro atoms. The minimum atomic E-state index is -0.0895. The van der Waals surface area contributed by atoms with E-state index in [4.69, 9.17) is 5.11 Å². The van der Waals surface area contributed by atoms with Gasteiger partial charge in [0.2, 0.25) is 11.8 Å². The lowest BCUT2D eigenvalue weighted by atomic mass is 9.67. The molecule has 5 heteroatoms. The summed E-state index contributed by atoms with van der Waals surface area (Å²) in [5.41, 5.74) is 1.19. The van der Waals surface area contributed by atoms with Crippen molar-refractivity contribution >= 4 is 11.8 Å². The molecule has 0 aliphatic carbocycles. The number of rotatable bonds is 3. The molecule has 1 aromatic carbocycles. The van der Waals surface area contributed by atoms with Crippen molar-refractivity contribution in [2.75, 3.05) is 33.3 Å². The summed E-state index contributed by atoms with van der Waals surface area (Å²) >= 11 is 0. The molecular weight excluding hydrogens is 304 g/mol. The molecule has 2 aliphatic heterocycles. The first-order chi connectivity index (χ1) is 11.5. The molecule has 2 amide bonds. The number of carbonyl (C=O) groups excluding carboxylic acids is 2. The van der Waals surface area contributed by atoms with Crippen molar-refractivity contribution in [3.05, 3.63) is 35.9 Å². The number of aliphatic hydroxyl groups is 1. The molecule has 2 aliphatic rings. The van der Waals surface area contributed by atoms with Crippen molar-refractivity contribution in [2.24, 2.45) is 5.41 Å². The second kappa shape index (κ2) is 6.93. The normalized spacial score (nSPS) is 23.6. The number of benzene rings is 1. The Morgan fingerprint density at radius 2 is 1.92 bits per heavy atom. The van der Waals surface area contributed by atoms with Crippen LogP contribution in [0.3, 0.4) is 0 Å². The molecule has 2 fully saturated rings. The van der Waals surface area contributed by atoms with E-state index in [1.807, 2.05) is 47.2 Å². The molecule has 130 valence electrons. The van der Waals surface area contributed by atoms with Crippen molar-refractivity contribution in [3.8, 4) is 0 Å². The lowest BCUT2D eigenvalue weighted by Crippen LogP contribution is -2.53. The Bertz CT molecular complexity index is 594. The molecule has 0 bridgehead atoms. The van der Waals surface area contributed by atoms with E-state index in [0.29, 0.717) is 0 Å². The van der Waals surface area contributed by atoms with E-state index in [9.17, 15) is 9.59 Å². The average molecular weight is 330 g/mol. The smallest absolute Gasteiger partial charge is 0.229 e. The van der Waals surface area contributed by atoms with Crippen LogP contribution in [0, 0.1) is 5.41 Å². The number of amides is 2. The third kappa shape index (κ3) is 3.31. The fourth-order valence-electron chi connectivity index (χ4n) is 4.22. The number of likely N-dealkylation sites (tertiary alicyclic amines) is 2. The van der Waals surface area contributed by atoms with Gasteiger partial charge in [0.1, 0.15) is 0 Å². The van der Waals surface area contributed by atoms with Crippen LogP contribution in [0.1, 0.15) is 37.2 Å². The first-order valence-corrected chi connectivity index (χ1v) is 8.73. The summed E-state index contributed by atoms with van der Waals surface area (Å²) in [5.74, 6) is 0.155. The van der Waals surface area contributed by atoms with Crippen LogP contribution in [-0.2, 0) is 9.59 Å². The monoisotopic (exact) mass is 330 g/mol. The highest BCUT2D eigenvalue weighted by Gasteiger charge is 2.45. The molecule has 3 rings (SSSR count). The fraction of sp³-hybridized carbons (Fsp3) is 0.579. The van der Waals surface area contributed by atoms with Crippen LogP contribution in [0.4, 0.5) is 0 Å². The Hall–Kier alpha value is -1.88. The van der Waals surface area contributed by atoms with Crippen LogP contribution < -0.4 is 0 Å². The largest absolute Gasteiger partial charge is 0.396 e. The second-order valence-corrected chi connectivity index (χ2v) is 7.22. The Kier molecular flexibility index (Phi) is 4.90. The van der Waals surface area contributed by atoms with Gasteiger partial charge in [0.15, 0.2) is 0 Å². The number of hydrogen-bond donors (Lipinski definition) is 1. The molecule has 1 atom stereocenters.